The molecule has 0 saturated heterocycles. The van der Waals surface area contributed by atoms with Crippen LogP contribution in [0.5, 0.6) is 103 Å². The van der Waals surface area contributed by atoms with Crippen LogP contribution in [0, 0.1) is 0 Å². The lowest BCUT2D eigenvalue weighted by Crippen LogP contribution is -2.59. The Morgan fingerprint density at radius 1 is 0.247 bits per heavy atom. The molecular weight excluding hydrogens is 1060 g/mol. The average Bonchev–Trinajstić information content (AvgIpc) is 2.93. The Kier molecular flexibility index (Phi) is 8.26. The van der Waals surface area contributed by atoms with Crippen LogP contribution in [0.4, 0.5) is 0 Å². The van der Waals surface area contributed by atoms with Gasteiger partial charge in [0.05, 0.1) is 16.7 Å². The monoisotopic (exact) mass is 1090 g/mol. The highest BCUT2D eigenvalue weighted by atomic mass is 16.5. The molecular formula is C70H34B3N3O9. The van der Waals surface area contributed by atoms with Crippen LogP contribution in [-0.2, 0) is 0 Å². The third-order valence-electron chi connectivity index (χ3n) is 18.2. The maximum atomic E-state index is 6.56. The molecule has 0 aliphatic carbocycles. The Hall–Kier alpha value is -11.3. The number of fused-ring (bicyclic) bond motifs is 3. The van der Waals surface area contributed by atoms with E-state index in [0.29, 0.717) is 0 Å². The second kappa shape index (κ2) is 15.8. The topological polar surface area (TPSA) is 114 Å². The van der Waals surface area contributed by atoms with Crippen molar-refractivity contribution in [3.8, 4) is 131 Å². The molecule has 9 aliphatic heterocycles. The summed E-state index contributed by atoms with van der Waals surface area (Å²) in [4.78, 5) is 8.71. The van der Waals surface area contributed by atoms with Crippen LogP contribution in [0.3, 0.4) is 0 Å². The van der Waals surface area contributed by atoms with Gasteiger partial charge in [-0.15, -0.1) is 0 Å². The summed E-state index contributed by atoms with van der Waals surface area (Å²) in [6.45, 7) is 0.00450. The molecule has 13 aromatic rings. The van der Waals surface area contributed by atoms with Crippen molar-refractivity contribution in [1.29, 1.82) is 0 Å². The lowest BCUT2D eigenvalue weighted by Gasteiger charge is -2.37. The maximum Gasteiger partial charge on any atom is 0.270 e. The number of hydrogen-bond donors (Lipinski definition) is 0. The number of ether oxygens (including phenoxy) is 9. The summed E-state index contributed by atoms with van der Waals surface area (Å²) in [5.41, 5.74) is 16.7. The van der Waals surface area contributed by atoms with Crippen molar-refractivity contribution in [3.63, 3.8) is 0 Å². The number of aromatic nitrogens is 3. The van der Waals surface area contributed by atoms with Gasteiger partial charge in [-0.05, 0) is 131 Å². The molecule has 85 heavy (non-hydrogen) atoms. The Morgan fingerprint density at radius 3 is 0.753 bits per heavy atom. The van der Waals surface area contributed by atoms with Crippen LogP contribution < -0.4 is 91.8 Å². The summed E-state index contributed by atoms with van der Waals surface area (Å²) in [5, 5.41) is 2.11. The molecule has 15 heteroatoms. The van der Waals surface area contributed by atoms with Crippen LogP contribution in [0.15, 0.2) is 207 Å². The lowest BCUT2D eigenvalue weighted by atomic mass is 9.34. The second-order valence-corrected chi connectivity index (χ2v) is 22.6. The minimum atomic E-state index is -0.00203. The molecule has 9 aliphatic rings. The van der Waals surface area contributed by atoms with Gasteiger partial charge in [0.1, 0.15) is 103 Å². The first-order valence-electron chi connectivity index (χ1n) is 28.3. The SMILES string of the molecule is c1cc2c3c(c1)Oc1cc(-c4ccc(-c5cc6c7c(c5)Oc5cccc8c5B7c5c(cccc5O6)O8)cc4)cc4c1B3c1c(cccc1O4)O2.c1cc2c3c(c1)Oc1cc(-n4c5ccncc5c5cnccc54)cc4c1B3c1c(cccc1O4)O2. The molecule has 392 valence electrons. The third-order valence-corrected chi connectivity index (χ3v) is 18.2. The third kappa shape index (κ3) is 5.87. The van der Waals surface area contributed by atoms with Gasteiger partial charge >= 0.3 is 0 Å². The first kappa shape index (κ1) is 44.4. The fourth-order valence-electron chi connectivity index (χ4n) is 14.7. The Bertz CT molecular complexity index is 4830. The van der Waals surface area contributed by atoms with E-state index < -0.39 is 0 Å². The van der Waals surface area contributed by atoms with Crippen molar-refractivity contribution in [1.82, 2.24) is 14.5 Å². The smallest absolute Gasteiger partial charge is 0.270 e. The standard InChI is InChI=1S/C42H20B2O6.C28H14BN3O3/c1-5-25-37-29(9-1)47-33-17-23(18-34-41(33)43(37)38-26(45-25)6-2-10-30(38)48-34)21-13-15-22(16-14-21)24-19-35-42-36(20-24)50-32-12-4-8-28-40(32)44(42)39-27(46-28)7-3-11-31(39)49-35;1-3-20-26-22(5-1)34-24-11-15(32-18-7-9-30-13-16(18)17-14-31-10-8-19(17)32)12-25-28(24)29(26)27-21(33-20)4-2-6-23(27)35-25/h1-20H;1-14H. The van der Waals surface area contributed by atoms with E-state index in [1.165, 1.54) is 0 Å². The summed E-state index contributed by atoms with van der Waals surface area (Å²) in [6.07, 6.45) is 7.42. The van der Waals surface area contributed by atoms with E-state index in [1.807, 2.05) is 146 Å². The summed E-state index contributed by atoms with van der Waals surface area (Å²) in [5.74, 6) is 14.7. The van der Waals surface area contributed by atoms with Gasteiger partial charge in [0.15, 0.2) is 0 Å². The van der Waals surface area contributed by atoms with Gasteiger partial charge in [-0.2, -0.15) is 0 Å². The maximum absolute atomic E-state index is 6.56. The first-order chi connectivity index (χ1) is 42.1. The molecule has 0 spiro atoms. The average molecular weight is 1090 g/mol. The molecule has 0 bridgehead atoms. The van der Waals surface area contributed by atoms with Crippen LogP contribution in [-0.4, -0.2) is 34.7 Å². The quantitative estimate of drug-likeness (QED) is 0.158. The highest BCUT2D eigenvalue weighted by Crippen LogP contribution is 2.48. The lowest BCUT2D eigenvalue weighted by molar-refractivity contribution is 0.442. The summed E-state index contributed by atoms with van der Waals surface area (Å²) >= 11 is 0. The number of pyridine rings is 2. The van der Waals surface area contributed by atoms with Crippen LogP contribution in [0.1, 0.15) is 0 Å². The van der Waals surface area contributed by atoms with E-state index in [2.05, 4.69) is 75.2 Å². The predicted molar refractivity (Wildman–Crippen MR) is 327 cm³/mol. The summed E-state index contributed by atoms with van der Waals surface area (Å²) in [7, 11) is 0. The normalized spacial score (nSPS) is 14.2. The molecule has 12 nitrogen and oxygen atoms in total. The van der Waals surface area contributed by atoms with Crippen molar-refractivity contribution in [2.24, 2.45) is 0 Å². The second-order valence-electron chi connectivity index (χ2n) is 22.6. The molecule has 0 amide bonds. The minimum Gasteiger partial charge on any atom is -0.458 e. The molecule has 0 atom stereocenters. The van der Waals surface area contributed by atoms with Gasteiger partial charge in [-0.25, -0.2) is 0 Å². The molecule has 0 unspecified atom stereocenters. The molecule has 22 rings (SSSR count). The molecule has 10 aromatic carbocycles. The molecule has 0 fully saturated rings. The summed E-state index contributed by atoms with van der Waals surface area (Å²) in [6, 6.07) is 61.5. The van der Waals surface area contributed by atoms with Gasteiger partial charge in [-0.1, -0.05) is 60.7 Å². The van der Waals surface area contributed by atoms with E-state index >= 15 is 0 Å². The highest BCUT2D eigenvalue weighted by Gasteiger charge is 2.50. The summed E-state index contributed by atoms with van der Waals surface area (Å²) < 4.78 is 60.4. The fraction of sp³-hybridized carbons (Fsp3) is 0. The van der Waals surface area contributed by atoms with Crippen molar-refractivity contribution >= 4 is 91.1 Å². The fourth-order valence-corrected chi connectivity index (χ4v) is 14.7. The van der Waals surface area contributed by atoms with Gasteiger partial charge < -0.3 is 47.2 Å². The van der Waals surface area contributed by atoms with Gasteiger partial charge in [0.2, 0.25) is 0 Å². The Labute approximate surface area is 484 Å². The first-order valence-corrected chi connectivity index (χ1v) is 28.3. The van der Waals surface area contributed by atoms with Crippen molar-refractivity contribution in [3.05, 3.63) is 207 Å². The van der Waals surface area contributed by atoms with Gasteiger partial charge in [-0.3, -0.25) is 9.97 Å². The zero-order valence-corrected chi connectivity index (χ0v) is 44.4. The van der Waals surface area contributed by atoms with Crippen LogP contribution in [0.2, 0.25) is 0 Å². The number of nitrogens with zero attached hydrogens (tertiary/aromatic N) is 3. The Balaban J connectivity index is 0.000000126. The Morgan fingerprint density at radius 2 is 0.482 bits per heavy atom. The van der Waals surface area contributed by atoms with E-state index in [-0.39, 0.29) is 20.1 Å². The molecule has 12 heterocycles. The largest absolute Gasteiger partial charge is 0.458 e. The minimum absolute atomic E-state index is 0.00203. The van der Waals surface area contributed by atoms with E-state index in [4.69, 9.17) is 42.6 Å². The van der Waals surface area contributed by atoms with E-state index in [9.17, 15) is 0 Å². The zero-order valence-electron chi connectivity index (χ0n) is 44.4. The van der Waals surface area contributed by atoms with E-state index in [0.717, 1.165) is 202 Å². The van der Waals surface area contributed by atoms with E-state index in [1.54, 1.807) is 0 Å². The molecule has 3 aromatic heterocycles. The van der Waals surface area contributed by atoms with Crippen molar-refractivity contribution in [2.45, 2.75) is 0 Å². The zero-order chi connectivity index (χ0) is 54.9. The molecule has 0 N–H and O–H groups in total. The molecule has 0 saturated carbocycles. The van der Waals surface area contributed by atoms with Crippen molar-refractivity contribution < 1.29 is 42.6 Å². The number of hydrogen-bond acceptors (Lipinski definition) is 11. The predicted octanol–water partition coefficient (Wildman–Crippen LogP) is 11.1. The number of rotatable bonds is 3. The van der Waals surface area contributed by atoms with Crippen LogP contribution in [0.25, 0.3) is 49.7 Å². The van der Waals surface area contributed by atoms with Gasteiger partial charge in [0, 0.05) is 96.9 Å². The highest BCUT2D eigenvalue weighted by molar-refractivity contribution is 7.01. The van der Waals surface area contributed by atoms with Crippen LogP contribution >= 0.6 is 0 Å². The molecule has 0 radical (unpaired) electrons. The van der Waals surface area contributed by atoms with Crippen molar-refractivity contribution in [2.75, 3.05) is 0 Å². The number of benzene rings is 10. The van der Waals surface area contributed by atoms with Gasteiger partial charge in [0.25, 0.3) is 20.1 Å².